The summed E-state index contributed by atoms with van der Waals surface area (Å²) in [5.41, 5.74) is 0.914. The molecule has 20 heavy (non-hydrogen) atoms. The second-order valence-corrected chi connectivity index (χ2v) is 6.83. The van der Waals surface area contributed by atoms with Crippen molar-refractivity contribution in [2.45, 2.75) is 52.1 Å². The van der Waals surface area contributed by atoms with Gasteiger partial charge < -0.3 is 4.74 Å². The first-order chi connectivity index (χ1) is 9.59. The minimum Gasteiger partial charge on any atom is -0.368 e. The summed E-state index contributed by atoms with van der Waals surface area (Å²) in [4.78, 5) is 11.8. The molecule has 0 radical (unpaired) electrons. The Morgan fingerprint density at radius 3 is 2.80 bits per heavy atom. The van der Waals surface area contributed by atoms with Crippen molar-refractivity contribution in [2.75, 3.05) is 6.61 Å². The van der Waals surface area contributed by atoms with E-state index in [0.717, 1.165) is 29.5 Å². The number of nitrogens with zero attached hydrogens (tertiary/aromatic N) is 2. The van der Waals surface area contributed by atoms with Crippen LogP contribution in [0.1, 0.15) is 49.9 Å². The summed E-state index contributed by atoms with van der Waals surface area (Å²) in [6.45, 7) is 6.76. The fourth-order valence-electron chi connectivity index (χ4n) is 2.83. The SMILES string of the molecule is CCOC(C)(CC)c1nc(Cl)c2c3c(sc2n1)CCC3. The van der Waals surface area contributed by atoms with Gasteiger partial charge in [0, 0.05) is 11.5 Å². The zero-order valence-electron chi connectivity index (χ0n) is 12.1. The highest BCUT2D eigenvalue weighted by atomic mass is 35.5. The van der Waals surface area contributed by atoms with Crippen molar-refractivity contribution in [3.05, 3.63) is 21.4 Å². The molecule has 2 aromatic heterocycles. The molecule has 1 aliphatic carbocycles. The second-order valence-electron chi connectivity index (χ2n) is 5.39. The maximum Gasteiger partial charge on any atom is 0.163 e. The molecule has 2 aromatic rings. The molecule has 108 valence electrons. The first-order valence-corrected chi connectivity index (χ1v) is 8.40. The predicted octanol–water partition coefficient (Wildman–Crippen LogP) is 4.50. The van der Waals surface area contributed by atoms with Crippen LogP contribution < -0.4 is 0 Å². The van der Waals surface area contributed by atoms with Gasteiger partial charge in [0.25, 0.3) is 0 Å². The molecule has 0 spiro atoms. The fraction of sp³-hybridized carbons (Fsp3) is 0.600. The van der Waals surface area contributed by atoms with E-state index in [1.54, 1.807) is 11.3 Å². The van der Waals surface area contributed by atoms with Crippen LogP contribution in [0, 0.1) is 0 Å². The molecule has 3 nitrogen and oxygen atoms in total. The van der Waals surface area contributed by atoms with Gasteiger partial charge in [-0.15, -0.1) is 11.3 Å². The first kappa shape index (κ1) is 14.2. The number of aryl methyl sites for hydroxylation is 2. The van der Waals surface area contributed by atoms with Gasteiger partial charge in [0.15, 0.2) is 5.82 Å². The molecule has 2 heterocycles. The summed E-state index contributed by atoms with van der Waals surface area (Å²) >= 11 is 8.22. The summed E-state index contributed by atoms with van der Waals surface area (Å²) in [6, 6.07) is 0. The number of aromatic nitrogens is 2. The first-order valence-electron chi connectivity index (χ1n) is 7.21. The normalized spacial score (nSPS) is 17.4. The van der Waals surface area contributed by atoms with E-state index in [0.29, 0.717) is 17.6 Å². The van der Waals surface area contributed by atoms with E-state index < -0.39 is 5.60 Å². The summed E-state index contributed by atoms with van der Waals surface area (Å²) in [6.07, 6.45) is 4.31. The van der Waals surface area contributed by atoms with E-state index in [1.807, 2.05) is 13.8 Å². The number of ether oxygens (including phenoxy) is 1. The summed E-state index contributed by atoms with van der Waals surface area (Å²) in [5.74, 6) is 0.708. The highest BCUT2D eigenvalue weighted by molar-refractivity contribution is 7.19. The quantitative estimate of drug-likeness (QED) is 0.780. The van der Waals surface area contributed by atoms with Crippen LogP contribution >= 0.6 is 22.9 Å². The van der Waals surface area contributed by atoms with Crippen molar-refractivity contribution in [3.8, 4) is 0 Å². The minimum atomic E-state index is -0.457. The maximum atomic E-state index is 6.45. The maximum absolute atomic E-state index is 6.45. The van der Waals surface area contributed by atoms with Gasteiger partial charge in [-0.2, -0.15) is 0 Å². The van der Waals surface area contributed by atoms with Crippen LogP contribution in [0.25, 0.3) is 10.2 Å². The largest absolute Gasteiger partial charge is 0.368 e. The number of halogens is 1. The van der Waals surface area contributed by atoms with Crippen LogP contribution in [-0.4, -0.2) is 16.6 Å². The van der Waals surface area contributed by atoms with E-state index in [9.17, 15) is 0 Å². The van der Waals surface area contributed by atoms with Crippen LogP contribution in [0.15, 0.2) is 0 Å². The average Bonchev–Trinajstić information content (AvgIpc) is 2.98. The summed E-state index contributed by atoms with van der Waals surface area (Å²) in [5, 5.41) is 1.66. The monoisotopic (exact) mass is 310 g/mol. The number of thiophene rings is 1. The Bertz CT molecular complexity index is 655. The van der Waals surface area contributed by atoms with Crippen LogP contribution in [0.4, 0.5) is 0 Å². The van der Waals surface area contributed by atoms with Gasteiger partial charge in [0.1, 0.15) is 15.6 Å². The lowest BCUT2D eigenvalue weighted by atomic mass is 10.0. The van der Waals surface area contributed by atoms with Gasteiger partial charge >= 0.3 is 0 Å². The zero-order valence-corrected chi connectivity index (χ0v) is 13.7. The van der Waals surface area contributed by atoms with Crippen LogP contribution in [0.3, 0.4) is 0 Å². The third kappa shape index (κ3) is 2.14. The molecule has 1 atom stereocenters. The standard InChI is InChI=1S/C15H19ClN2OS/c1-4-15(3,19-5-2)14-17-12(16)11-9-7-6-8-10(9)20-13(11)18-14/h4-8H2,1-3H3. The molecule has 1 aliphatic rings. The van der Waals surface area contributed by atoms with E-state index >= 15 is 0 Å². The Balaban J connectivity index is 2.15. The molecule has 0 saturated carbocycles. The van der Waals surface area contributed by atoms with Gasteiger partial charge in [-0.05, 0) is 45.1 Å². The average molecular weight is 311 g/mol. The molecule has 0 bridgehead atoms. The number of hydrogen-bond acceptors (Lipinski definition) is 4. The molecule has 3 rings (SSSR count). The fourth-order valence-corrected chi connectivity index (χ4v) is 4.43. The second kappa shape index (κ2) is 5.24. The van der Waals surface area contributed by atoms with Crippen LogP contribution in [0.2, 0.25) is 5.15 Å². The number of fused-ring (bicyclic) bond motifs is 3. The van der Waals surface area contributed by atoms with E-state index in [-0.39, 0.29) is 0 Å². The van der Waals surface area contributed by atoms with Gasteiger partial charge in [-0.3, -0.25) is 0 Å². The van der Waals surface area contributed by atoms with Crippen LogP contribution in [-0.2, 0) is 23.2 Å². The van der Waals surface area contributed by atoms with E-state index in [2.05, 4.69) is 11.9 Å². The minimum absolute atomic E-state index is 0.457. The third-order valence-electron chi connectivity index (χ3n) is 4.13. The van der Waals surface area contributed by atoms with E-state index in [1.165, 1.54) is 16.9 Å². The molecule has 0 fully saturated rings. The van der Waals surface area contributed by atoms with Crippen molar-refractivity contribution >= 4 is 33.2 Å². The van der Waals surface area contributed by atoms with Crippen molar-refractivity contribution < 1.29 is 4.74 Å². The van der Waals surface area contributed by atoms with Gasteiger partial charge in [0.05, 0.1) is 5.39 Å². The lowest BCUT2D eigenvalue weighted by Crippen LogP contribution is -2.27. The molecule has 0 aliphatic heterocycles. The Morgan fingerprint density at radius 1 is 1.30 bits per heavy atom. The Labute approximate surface area is 128 Å². The Morgan fingerprint density at radius 2 is 2.10 bits per heavy atom. The molecular formula is C15H19ClN2OS. The van der Waals surface area contributed by atoms with Gasteiger partial charge in [-0.25, -0.2) is 9.97 Å². The zero-order chi connectivity index (χ0) is 14.3. The van der Waals surface area contributed by atoms with Crippen molar-refractivity contribution in [2.24, 2.45) is 0 Å². The molecule has 0 saturated heterocycles. The van der Waals surface area contributed by atoms with Crippen molar-refractivity contribution in [1.82, 2.24) is 9.97 Å². The van der Waals surface area contributed by atoms with Crippen LogP contribution in [0.5, 0.6) is 0 Å². The molecule has 5 heteroatoms. The van der Waals surface area contributed by atoms with Crippen molar-refractivity contribution in [3.63, 3.8) is 0 Å². The molecule has 0 amide bonds. The predicted molar refractivity (Wildman–Crippen MR) is 83.7 cm³/mol. The lowest BCUT2D eigenvalue weighted by molar-refractivity contribution is -0.0387. The number of rotatable bonds is 4. The van der Waals surface area contributed by atoms with Gasteiger partial charge in [0.2, 0.25) is 0 Å². The molecular weight excluding hydrogens is 292 g/mol. The number of hydrogen-bond donors (Lipinski definition) is 0. The Hall–Kier alpha value is -0.710. The lowest BCUT2D eigenvalue weighted by Gasteiger charge is -2.26. The topological polar surface area (TPSA) is 35.0 Å². The van der Waals surface area contributed by atoms with E-state index in [4.69, 9.17) is 21.3 Å². The summed E-state index contributed by atoms with van der Waals surface area (Å²) < 4.78 is 5.87. The highest BCUT2D eigenvalue weighted by Gasteiger charge is 2.31. The molecule has 0 aromatic carbocycles. The Kier molecular flexibility index (Phi) is 3.73. The molecule has 0 N–H and O–H groups in total. The van der Waals surface area contributed by atoms with Gasteiger partial charge in [-0.1, -0.05) is 18.5 Å². The third-order valence-corrected chi connectivity index (χ3v) is 5.59. The summed E-state index contributed by atoms with van der Waals surface area (Å²) in [7, 11) is 0. The van der Waals surface area contributed by atoms with Crippen molar-refractivity contribution in [1.29, 1.82) is 0 Å². The highest BCUT2D eigenvalue weighted by Crippen LogP contribution is 2.40. The molecule has 1 unspecified atom stereocenters. The smallest absolute Gasteiger partial charge is 0.163 e.